The van der Waals surface area contributed by atoms with Crippen LogP contribution < -0.4 is 5.32 Å². The molecule has 0 bridgehead atoms. The van der Waals surface area contributed by atoms with Crippen LogP contribution in [0.5, 0.6) is 0 Å². The largest absolute Gasteiger partial charge is 0.441 e. The molecule has 5 rings (SSSR count). The summed E-state index contributed by atoms with van der Waals surface area (Å²) in [5.41, 5.74) is 2.71. The van der Waals surface area contributed by atoms with Crippen molar-refractivity contribution in [3.63, 3.8) is 0 Å². The second-order valence-electron chi connectivity index (χ2n) is 7.87. The summed E-state index contributed by atoms with van der Waals surface area (Å²) in [7, 11) is 0. The molecule has 0 atom stereocenters. The summed E-state index contributed by atoms with van der Waals surface area (Å²) in [6.45, 7) is 2.69. The minimum atomic E-state index is -0.473. The molecule has 0 aliphatic carbocycles. The molecule has 0 saturated carbocycles. The minimum Gasteiger partial charge on any atom is -0.441 e. The Balaban J connectivity index is 1.37. The molecule has 6 nitrogen and oxygen atoms in total. The van der Waals surface area contributed by atoms with Gasteiger partial charge in [-0.3, -0.25) is 9.78 Å². The first-order valence-corrected chi connectivity index (χ1v) is 10.4. The van der Waals surface area contributed by atoms with Crippen molar-refractivity contribution in [3.05, 3.63) is 71.1 Å². The van der Waals surface area contributed by atoms with Crippen molar-refractivity contribution in [1.29, 1.82) is 0 Å². The number of hydrogen-bond acceptors (Lipinski definition) is 5. The molecule has 0 unspecified atom stereocenters. The topological polar surface area (TPSA) is 71.3 Å². The standard InChI is InChI=1S/C23H23FN4O2/c24-19-4-3-16(15-5-9-25-10-6-15)12-18(19)23(29)28-11-7-21-20(14-28)27-22(30-21)17-2-1-8-26-13-17/h1-4,8,12-13,15,25H,5-7,9-11,14H2. The van der Waals surface area contributed by atoms with Crippen molar-refractivity contribution in [1.82, 2.24) is 20.2 Å². The maximum Gasteiger partial charge on any atom is 0.257 e. The van der Waals surface area contributed by atoms with Gasteiger partial charge in [-0.25, -0.2) is 9.37 Å². The predicted octanol–water partition coefficient (Wildman–Crippen LogP) is 3.54. The summed E-state index contributed by atoms with van der Waals surface area (Å²) >= 11 is 0. The number of aromatic nitrogens is 2. The number of carbonyl (C=O) groups is 1. The van der Waals surface area contributed by atoms with E-state index in [1.807, 2.05) is 18.2 Å². The molecule has 154 valence electrons. The molecule has 0 spiro atoms. The highest BCUT2D eigenvalue weighted by Crippen LogP contribution is 2.29. The van der Waals surface area contributed by atoms with E-state index in [1.165, 1.54) is 6.07 Å². The molecule has 2 aliphatic heterocycles. The van der Waals surface area contributed by atoms with Crippen LogP contribution in [0.25, 0.3) is 11.5 Å². The summed E-state index contributed by atoms with van der Waals surface area (Å²) in [4.78, 5) is 23.5. The first-order valence-electron chi connectivity index (χ1n) is 10.4. The number of oxazole rings is 1. The SMILES string of the molecule is O=C(c1cc(C2CCNCC2)ccc1F)N1CCc2oc(-c3cccnc3)nc2C1. The van der Waals surface area contributed by atoms with Gasteiger partial charge in [-0.05, 0) is 61.7 Å². The first-order chi connectivity index (χ1) is 14.7. The van der Waals surface area contributed by atoms with Gasteiger partial charge in [0.15, 0.2) is 0 Å². The Morgan fingerprint density at radius 3 is 2.90 bits per heavy atom. The molecule has 2 aliphatic rings. The predicted molar refractivity (Wildman–Crippen MR) is 109 cm³/mol. The van der Waals surface area contributed by atoms with E-state index in [2.05, 4.69) is 15.3 Å². The van der Waals surface area contributed by atoms with E-state index in [9.17, 15) is 9.18 Å². The average Bonchev–Trinajstić information content (AvgIpc) is 3.24. The van der Waals surface area contributed by atoms with Crippen LogP contribution >= 0.6 is 0 Å². The number of hydrogen-bond donors (Lipinski definition) is 1. The second kappa shape index (κ2) is 7.99. The zero-order valence-electron chi connectivity index (χ0n) is 16.6. The van der Waals surface area contributed by atoms with Crippen LogP contribution in [0, 0.1) is 5.82 Å². The molecular formula is C23H23FN4O2. The van der Waals surface area contributed by atoms with Gasteiger partial charge in [-0.1, -0.05) is 6.07 Å². The number of benzene rings is 1. The zero-order valence-corrected chi connectivity index (χ0v) is 16.6. The molecule has 2 aromatic heterocycles. The Hall–Kier alpha value is -3.06. The number of pyridine rings is 1. The Morgan fingerprint density at radius 1 is 1.23 bits per heavy atom. The average molecular weight is 406 g/mol. The van der Waals surface area contributed by atoms with E-state index < -0.39 is 5.82 Å². The molecule has 0 radical (unpaired) electrons. The van der Waals surface area contributed by atoms with Gasteiger partial charge in [0.1, 0.15) is 17.3 Å². The van der Waals surface area contributed by atoms with Gasteiger partial charge in [0, 0.05) is 25.4 Å². The minimum absolute atomic E-state index is 0.144. The molecule has 1 N–H and O–H groups in total. The number of carbonyl (C=O) groups excluding carboxylic acids is 1. The molecule has 1 saturated heterocycles. The van der Waals surface area contributed by atoms with Crippen LogP contribution in [0.4, 0.5) is 4.39 Å². The first kappa shape index (κ1) is 18.9. The monoisotopic (exact) mass is 406 g/mol. The van der Waals surface area contributed by atoms with Crippen LogP contribution in [0.1, 0.15) is 46.1 Å². The van der Waals surface area contributed by atoms with Gasteiger partial charge in [0.2, 0.25) is 5.89 Å². The summed E-state index contributed by atoms with van der Waals surface area (Å²) in [5, 5.41) is 3.34. The number of nitrogens with zero attached hydrogens (tertiary/aromatic N) is 3. The van der Waals surface area contributed by atoms with Crippen molar-refractivity contribution in [2.45, 2.75) is 31.7 Å². The van der Waals surface area contributed by atoms with E-state index in [1.54, 1.807) is 23.4 Å². The van der Waals surface area contributed by atoms with Crippen molar-refractivity contribution < 1.29 is 13.6 Å². The normalized spacial score (nSPS) is 17.0. The van der Waals surface area contributed by atoms with Gasteiger partial charge in [0.25, 0.3) is 5.91 Å². The third kappa shape index (κ3) is 3.61. The molecule has 1 fully saturated rings. The fourth-order valence-electron chi connectivity index (χ4n) is 4.27. The molecule has 30 heavy (non-hydrogen) atoms. The van der Waals surface area contributed by atoms with Gasteiger partial charge in [-0.2, -0.15) is 0 Å². The lowest BCUT2D eigenvalue weighted by atomic mass is 9.89. The van der Waals surface area contributed by atoms with Gasteiger partial charge in [-0.15, -0.1) is 0 Å². The lowest BCUT2D eigenvalue weighted by Gasteiger charge is -2.27. The summed E-state index contributed by atoms with van der Waals surface area (Å²) in [6.07, 6.45) is 5.95. The summed E-state index contributed by atoms with van der Waals surface area (Å²) in [5.74, 6) is 0.881. The molecule has 7 heteroatoms. The van der Waals surface area contributed by atoms with Crippen molar-refractivity contribution in [2.75, 3.05) is 19.6 Å². The molecule has 3 aromatic rings. The fraction of sp³-hybridized carbons (Fsp3) is 0.348. The molecule has 4 heterocycles. The number of rotatable bonds is 3. The van der Waals surface area contributed by atoms with E-state index in [0.717, 1.165) is 48.5 Å². The second-order valence-corrected chi connectivity index (χ2v) is 7.87. The van der Waals surface area contributed by atoms with Crippen molar-refractivity contribution in [3.8, 4) is 11.5 Å². The Morgan fingerprint density at radius 2 is 2.10 bits per heavy atom. The highest BCUT2D eigenvalue weighted by atomic mass is 19.1. The third-order valence-corrected chi connectivity index (χ3v) is 5.95. The van der Waals surface area contributed by atoms with Gasteiger partial charge in [0.05, 0.1) is 17.7 Å². The number of amides is 1. The van der Waals surface area contributed by atoms with E-state index in [0.29, 0.717) is 31.3 Å². The maximum atomic E-state index is 14.6. The van der Waals surface area contributed by atoms with E-state index >= 15 is 0 Å². The smallest absolute Gasteiger partial charge is 0.257 e. The Labute approximate surface area is 174 Å². The van der Waals surface area contributed by atoms with E-state index in [-0.39, 0.29) is 11.5 Å². The van der Waals surface area contributed by atoms with Gasteiger partial charge >= 0.3 is 0 Å². The fourth-order valence-corrected chi connectivity index (χ4v) is 4.27. The third-order valence-electron chi connectivity index (χ3n) is 5.95. The van der Waals surface area contributed by atoms with Crippen LogP contribution in [0.15, 0.2) is 47.1 Å². The highest BCUT2D eigenvalue weighted by Gasteiger charge is 2.28. The van der Waals surface area contributed by atoms with Gasteiger partial charge < -0.3 is 14.6 Å². The quantitative estimate of drug-likeness (QED) is 0.720. The van der Waals surface area contributed by atoms with Crippen molar-refractivity contribution in [2.24, 2.45) is 0 Å². The Bertz CT molecular complexity index is 1060. The molecule has 1 amide bonds. The van der Waals surface area contributed by atoms with Crippen LogP contribution in [0.3, 0.4) is 0 Å². The lowest BCUT2D eigenvalue weighted by molar-refractivity contribution is 0.0723. The van der Waals surface area contributed by atoms with Crippen LogP contribution in [-0.2, 0) is 13.0 Å². The van der Waals surface area contributed by atoms with E-state index in [4.69, 9.17) is 4.42 Å². The number of piperidine rings is 1. The molecule has 1 aromatic carbocycles. The Kier molecular flexibility index (Phi) is 5.04. The van der Waals surface area contributed by atoms with Crippen LogP contribution in [-0.4, -0.2) is 40.4 Å². The molecular weight excluding hydrogens is 383 g/mol. The maximum absolute atomic E-state index is 14.6. The number of halogens is 1. The number of nitrogens with one attached hydrogen (secondary N) is 1. The number of fused-ring (bicyclic) bond motifs is 1. The zero-order chi connectivity index (χ0) is 20.5. The lowest BCUT2D eigenvalue weighted by Crippen LogP contribution is -2.36. The summed E-state index contributed by atoms with van der Waals surface area (Å²) in [6, 6.07) is 8.69. The van der Waals surface area contributed by atoms with Crippen LogP contribution in [0.2, 0.25) is 0 Å². The summed E-state index contributed by atoms with van der Waals surface area (Å²) < 4.78 is 20.4. The van der Waals surface area contributed by atoms with Crippen molar-refractivity contribution >= 4 is 5.91 Å². The highest BCUT2D eigenvalue weighted by molar-refractivity contribution is 5.94.